The molecule has 0 aliphatic carbocycles. The maximum absolute atomic E-state index is 13.2. The van der Waals surface area contributed by atoms with Crippen LogP contribution < -0.4 is 5.56 Å². The number of esters is 1. The van der Waals surface area contributed by atoms with E-state index in [9.17, 15) is 14.7 Å². The first-order valence-electron chi connectivity index (χ1n) is 10.1. The number of aromatic nitrogens is 2. The van der Waals surface area contributed by atoms with Crippen molar-refractivity contribution in [2.24, 2.45) is 0 Å². The number of nitrogens with zero attached hydrogens (tertiary/aromatic N) is 3. The van der Waals surface area contributed by atoms with E-state index in [1.807, 2.05) is 26.2 Å². The molecule has 0 saturated heterocycles. The van der Waals surface area contributed by atoms with Crippen LogP contribution in [0.25, 0.3) is 22.3 Å². The summed E-state index contributed by atoms with van der Waals surface area (Å²) in [6.45, 7) is 2.79. The highest BCUT2D eigenvalue weighted by atomic mass is 16.6. The fourth-order valence-corrected chi connectivity index (χ4v) is 4.54. The largest absolute Gasteiger partial charge is 0.458 e. The number of fused-ring (bicyclic) bond motifs is 5. The topological polar surface area (TPSA) is 84.7 Å². The fraction of sp³-hybridized carbons (Fsp3) is 0.348. The number of hydrogen-bond donors (Lipinski definition) is 1. The molecule has 0 amide bonds. The Morgan fingerprint density at radius 2 is 2.07 bits per heavy atom. The molecule has 1 unspecified atom stereocenters. The molecule has 1 N–H and O–H groups in total. The summed E-state index contributed by atoms with van der Waals surface area (Å²) >= 11 is 0. The Labute approximate surface area is 173 Å². The van der Waals surface area contributed by atoms with Gasteiger partial charge in [-0.25, -0.2) is 9.78 Å². The van der Waals surface area contributed by atoms with Gasteiger partial charge in [0, 0.05) is 23.1 Å². The van der Waals surface area contributed by atoms with E-state index in [1.54, 1.807) is 17.6 Å². The van der Waals surface area contributed by atoms with Crippen LogP contribution in [0.3, 0.4) is 0 Å². The van der Waals surface area contributed by atoms with Crippen LogP contribution in [0.4, 0.5) is 0 Å². The maximum Gasteiger partial charge on any atom is 0.343 e. The molecule has 0 saturated carbocycles. The fourth-order valence-electron chi connectivity index (χ4n) is 4.54. The zero-order valence-electron chi connectivity index (χ0n) is 17.2. The van der Waals surface area contributed by atoms with Gasteiger partial charge in [-0.1, -0.05) is 19.1 Å². The van der Waals surface area contributed by atoms with Crippen LogP contribution in [0.5, 0.6) is 0 Å². The van der Waals surface area contributed by atoms with Crippen LogP contribution in [-0.2, 0) is 34.8 Å². The van der Waals surface area contributed by atoms with Gasteiger partial charge in [-0.15, -0.1) is 0 Å². The number of benzene rings is 1. The number of pyridine rings is 2. The first-order valence-corrected chi connectivity index (χ1v) is 10.1. The van der Waals surface area contributed by atoms with Crippen molar-refractivity contribution in [1.29, 1.82) is 0 Å². The quantitative estimate of drug-likeness (QED) is 0.526. The number of aliphatic hydroxyl groups is 1. The first-order chi connectivity index (χ1) is 14.3. The second-order valence-corrected chi connectivity index (χ2v) is 8.32. The molecule has 1 atom stereocenters. The normalized spacial score (nSPS) is 19.6. The zero-order chi connectivity index (χ0) is 21.2. The maximum atomic E-state index is 13.2. The predicted molar refractivity (Wildman–Crippen MR) is 112 cm³/mol. The van der Waals surface area contributed by atoms with Crippen LogP contribution >= 0.6 is 0 Å². The molecule has 5 rings (SSSR count). The Bertz CT molecular complexity index is 1280. The highest BCUT2D eigenvalue weighted by molar-refractivity contribution is 5.88. The number of rotatable bonds is 3. The third kappa shape index (κ3) is 2.55. The summed E-state index contributed by atoms with van der Waals surface area (Å²) < 4.78 is 6.78. The third-order valence-electron chi connectivity index (χ3n) is 6.13. The van der Waals surface area contributed by atoms with Gasteiger partial charge in [0.25, 0.3) is 5.56 Å². The minimum atomic E-state index is -1.80. The SMILES string of the molecule is CCC1(O)C(=O)OCc2c1cc1n(c2=O)Cc2cc3c(CN(C)C)cccc3nc2-1. The summed E-state index contributed by atoms with van der Waals surface area (Å²) in [7, 11) is 4.05. The third-order valence-corrected chi connectivity index (χ3v) is 6.13. The van der Waals surface area contributed by atoms with Crippen LogP contribution in [0.1, 0.15) is 35.6 Å². The molecule has 0 radical (unpaired) electrons. The average molecular weight is 405 g/mol. The smallest absolute Gasteiger partial charge is 0.343 e. The molecule has 30 heavy (non-hydrogen) atoms. The van der Waals surface area contributed by atoms with E-state index in [-0.39, 0.29) is 18.6 Å². The minimum absolute atomic E-state index is 0.117. The van der Waals surface area contributed by atoms with Gasteiger partial charge < -0.3 is 19.3 Å². The van der Waals surface area contributed by atoms with Gasteiger partial charge in [0.1, 0.15) is 6.61 Å². The van der Waals surface area contributed by atoms with Gasteiger partial charge in [0.05, 0.1) is 29.0 Å². The molecular weight excluding hydrogens is 382 g/mol. The standard InChI is InChI=1S/C23H23N3O4/c1-4-23(29)17-9-19-20-14(11-26(19)21(27)16(17)12-30-22(23)28)8-15-13(10-25(2)3)6-5-7-18(15)24-20/h5-9,29H,4,10-12H2,1-3H3. The van der Waals surface area contributed by atoms with Gasteiger partial charge in [0.2, 0.25) is 0 Å². The second-order valence-electron chi connectivity index (χ2n) is 8.32. The Balaban J connectivity index is 1.74. The van der Waals surface area contributed by atoms with Crippen LogP contribution in [0, 0.1) is 0 Å². The number of hydrogen-bond acceptors (Lipinski definition) is 6. The van der Waals surface area contributed by atoms with E-state index >= 15 is 0 Å². The predicted octanol–water partition coefficient (Wildman–Crippen LogP) is 2.14. The van der Waals surface area contributed by atoms with E-state index in [0.717, 1.165) is 28.7 Å². The van der Waals surface area contributed by atoms with Crippen molar-refractivity contribution in [1.82, 2.24) is 14.5 Å². The summed E-state index contributed by atoms with van der Waals surface area (Å²) in [4.78, 5) is 32.5. The Hall–Kier alpha value is -3.03. The lowest BCUT2D eigenvalue weighted by Gasteiger charge is -2.31. The number of cyclic esters (lactones) is 1. The van der Waals surface area contributed by atoms with Gasteiger partial charge in [-0.3, -0.25) is 4.79 Å². The van der Waals surface area contributed by atoms with Crippen molar-refractivity contribution < 1.29 is 14.6 Å². The summed E-state index contributed by atoms with van der Waals surface area (Å²) in [5, 5.41) is 12.0. The van der Waals surface area contributed by atoms with Gasteiger partial charge in [-0.2, -0.15) is 0 Å². The lowest BCUT2D eigenvalue weighted by atomic mass is 9.86. The van der Waals surface area contributed by atoms with Crippen molar-refractivity contribution in [2.45, 2.75) is 38.6 Å². The van der Waals surface area contributed by atoms with Gasteiger partial charge in [-0.05, 0) is 44.3 Å². The summed E-state index contributed by atoms with van der Waals surface area (Å²) in [6.07, 6.45) is 0.133. The lowest BCUT2D eigenvalue weighted by Crippen LogP contribution is -2.44. The minimum Gasteiger partial charge on any atom is -0.458 e. The molecule has 7 nitrogen and oxygen atoms in total. The molecule has 0 bridgehead atoms. The first kappa shape index (κ1) is 19.0. The molecule has 2 aliphatic rings. The molecular formula is C23H23N3O4. The monoisotopic (exact) mass is 405 g/mol. The summed E-state index contributed by atoms with van der Waals surface area (Å²) in [5.41, 5.74) is 2.99. The number of carbonyl (C=O) groups excluding carboxylic acids is 1. The van der Waals surface area contributed by atoms with Crippen molar-refractivity contribution in [3.8, 4) is 11.4 Å². The van der Waals surface area contributed by atoms with E-state index < -0.39 is 11.6 Å². The highest BCUT2D eigenvalue weighted by Gasteiger charge is 2.45. The number of ether oxygens (including phenoxy) is 1. The molecule has 0 fully saturated rings. The highest BCUT2D eigenvalue weighted by Crippen LogP contribution is 2.38. The molecule has 154 valence electrons. The van der Waals surface area contributed by atoms with E-state index in [0.29, 0.717) is 23.4 Å². The van der Waals surface area contributed by atoms with Crippen molar-refractivity contribution in [3.05, 3.63) is 62.9 Å². The average Bonchev–Trinajstić information content (AvgIpc) is 3.08. The van der Waals surface area contributed by atoms with E-state index in [4.69, 9.17) is 9.72 Å². The van der Waals surface area contributed by atoms with Crippen molar-refractivity contribution in [2.75, 3.05) is 14.1 Å². The van der Waals surface area contributed by atoms with Crippen LogP contribution in [0.15, 0.2) is 35.1 Å². The van der Waals surface area contributed by atoms with Gasteiger partial charge >= 0.3 is 5.97 Å². The van der Waals surface area contributed by atoms with Crippen LogP contribution in [-0.4, -0.2) is 39.6 Å². The number of carbonyl (C=O) groups is 1. The molecule has 2 aromatic heterocycles. The van der Waals surface area contributed by atoms with E-state index in [2.05, 4.69) is 17.0 Å². The summed E-state index contributed by atoms with van der Waals surface area (Å²) in [5.74, 6) is -0.708. The van der Waals surface area contributed by atoms with Crippen LogP contribution in [0.2, 0.25) is 0 Å². The molecule has 4 heterocycles. The Morgan fingerprint density at radius 1 is 1.27 bits per heavy atom. The molecule has 0 spiro atoms. The molecule has 3 aromatic rings. The summed E-state index contributed by atoms with van der Waals surface area (Å²) in [6, 6.07) is 9.90. The molecule has 7 heteroatoms. The Kier molecular flexibility index (Phi) is 4.10. The molecule has 2 aliphatic heterocycles. The lowest BCUT2D eigenvalue weighted by molar-refractivity contribution is -0.172. The van der Waals surface area contributed by atoms with Crippen molar-refractivity contribution >= 4 is 16.9 Å². The molecule has 1 aromatic carbocycles. The Morgan fingerprint density at radius 3 is 2.80 bits per heavy atom. The zero-order valence-corrected chi connectivity index (χ0v) is 17.2. The second kappa shape index (κ2) is 6.48. The van der Waals surface area contributed by atoms with E-state index in [1.165, 1.54) is 5.56 Å². The van der Waals surface area contributed by atoms with Gasteiger partial charge in [0.15, 0.2) is 5.60 Å². The van der Waals surface area contributed by atoms with Crippen molar-refractivity contribution in [3.63, 3.8) is 0 Å².